The van der Waals surface area contributed by atoms with Crippen molar-refractivity contribution < 1.29 is 0 Å². The van der Waals surface area contributed by atoms with E-state index in [-0.39, 0.29) is 0 Å². The predicted molar refractivity (Wildman–Crippen MR) is 107 cm³/mol. The van der Waals surface area contributed by atoms with Gasteiger partial charge >= 0.3 is 0 Å². The summed E-state index contributed by atoms with van der Waals surface area (Å²) < 4.78 is 1.12. The van der Waals surface area contributed by atoms with E-state index in [2.05, 4.69) is 57.9 Å². The van der Waals surface area contributed by atoms with Crippen LogP contribution in [0.25, 0.3) is 0 Å². The number of aromatic nitrogens is 2. The molecule has 1 aliphatic heterocycles. The highest BCUT2D eigenvalue weighted by atomic mass is 32.2. The quantitative estimate of drug-likeness (QED) is 0.522. The normalized spacial score (nSPS) is 11.6. The Bertz CT molecular complexity index is 996. The molecule has 0 bridgehead atoms. The highest BCUT2D eigenvalue weighted by Gasteiger charge is 2.19. The second kappa shape index (κ2) is 7.97. The molecule has 3 aromatic rings. The zero-order valence-electron chi connectivity index (χ0n) is 13.6. The Labute approximate surface area is 161 Å². The maximum atomic E-state index is 4.03. The van der Waals surface area contributed by atoms with Crippen molar-refractivity contribution in [3.63, 3.8) is 0 Å². The Hall–Kier alpha value is -2.92. The van der Waals surface area contributed by atoms with Gasteiger partial charge in [-0.25, -0.2) is 0 Å². The van der Waals surface area contributed by atoms with Gasteiger partial charge in [0.2, 0.25) is 0 Å². The standard InChI is InChI=1S/C22H12N2S2/c1-2-4-21-20(3-1)25-22(26-21)19(7-5-17-9-13-23-14-10-17)8-6-18-11-15-24-16-12-18/h1-4,9-16H. The second-order valence-corrected chi connectivity index (χ2v) is 7.65. The minimum Gasteiger partial charge on any atom is -0.265 e. The van der Waals surface area contributed by atoms with Crippen molar-refractivity contribution in [2.75, 3.05) is 0 Å². The smallest absolute Gasteiger partial charge is 0.0958 e. The maximum Gasteiger partial charge on any atom is 0.0958 e. The molecule has 0 saturated carbocycles. The summed E-state index contributed by atoms with van der Waals surface area (Å²) in [6, 6.07) is 16.0. The van der Waals surface area contributed by atoms with Crippen molar-refractivity contribution in [3.05, 3.63) is 94.3 Å². The molecule has 3 heterocycles. The first-order valence-electron chi connectivity index (χ1n) is 7.91. The SMILES string of the molecule is C(#Cc1ccncc1)C(C#Cc1ccncc1)=C1Sc2ccccc2S1. The molecule has 4 rings (SSSR count). The summed E-state index contributed by atoms with van der Waals surface area (Å²) in [7, 11) is 0. The Morgan fingerprint density at radius 2 is 1.12 bits per heavy atom. The van der Waals surface area contributed by atoms with Gasteiger partial charge in [0.15, 0.2) is 0 Å². The first kappa shape index (κ1) is 16.5. The number of benzene rings is 1. The summed E-state index contributed by atoms with van der Waals surface area (Å²) in [5.41, 5.74) is 2.69. The number of hydrogen-bond donors (Lipinski definition) is 0. The molecular weight excluding hydrogens is 356 g/mol. The molecule has 26 heavy (non-hydrogen) atoms. The van der Waals surface area contributed by atoms with E-state index < -0.39 is 0 Å². The molecule has 0 radical (unpaired) electrons. The van der Waals surface area contributed by atoms with Gasteiger partial charge in [-0.2, -0.15) is 0 Å². The molecule has 4 heteroatoms. The third kappa shape index (κ3) is 4.00. The van der Waals surface area contributed by atoms with Crippen molar-refractivity contribution >= 4 is 23.5 Å². The van der Waals surface area contributed by atoms with Gasteiger partial charge in [0, 0.05) is 45.7 Å². The topological polar surface area (TPSA) is 25.8 Å². The molecule has 2 aromatic heterocycles. The van der Waals surface area contributed by atoms with E-state index in [1.165, 1.54) is 9.79 Å². The fraction of sp³-hybridized carbons (Fsp3) is 0. The summed E-state index contributed by atoms with van der Waals surface area (Å²) in [6.45, 7) is 0. The number of hydrogen-bond acceptors (Lipinski definition) is 4. The van der Waals surface area contributed by atoms with E-state index >= 15 is 0 Å². The first-order valence-corrected chi connectivity index (χ1v) is 9.55. The van der Waals surface area contributed by atoms with Gasteiger partial charge < -0.3 is 0 Å². The number of fused-ring (bicyclic) bond motifs is 1. The van der Waals surface area contributed by atoms with Gasteiger partial charge in [-0.3, -0.25) is 9.97 Å². The number of rotatable bonds is 0. The fourth-order valence-electron chi connectivity index (χ4n) is 2.21. The minimum atomic E-state index is 0.838. The van der Waals surface area contributed by atoms with E-state index in [9.17, 15) is 0 Å². The van der Waals surface area contributed by atoms with Crippen molar-refractivity contribution in [1.82, 2.24) is 9.97 Å². The third-order valence-electron chi connectivity index (χ3n) is 3.48. The van der Waals surface area contributed by atoms with Crippen LogP contribution in [0, 0.1) is 23.7 Å². The lowest BCUT2D eigenvalue weighted by molar-refractivity contribution is 1.27. The molecule has 1 aromatic carbocycles. The molecule has 0 fully saturated rings. The van der Waals surface area contributed by atoms with Crippen LogP contribution in [0.4, 0.5) is 0 Å². The van der Waals surface area contributed by atoms with Crippen LogP contribution in [-0.2, 0) is 0 Å². The van der Waals surface area contributed by atoms with Crippen LogP contribution in [0.15, 0.2) is 92.9 Å². The average molecular weight is 368 g/mol. The average Bonchev–Trinajstić information content (AvgIpc) is 3.13. The van der Waals surface area contributed by atoms with E-state index in [1.54, 1.807) is 48.3 Å². The van der Waals surface area contributed by atoms with Crippen molar-refractivity contribution in [3.8, 4) is 23.7 Å². The molecule has 1 aliphatic rings. The Morgan fingerprint density at radius 3 is 1.58 bits per heavy atom. The van der Waals surface area contributed by atoms with Crippen LogP contribution in [0.3, 0.4) is 0 Å². The zero-order chi connectivity index (χ0) is 17.6. The summed E-state index contributed by atoms with van der Waals surface area (Å²) >= 11 is 3.45. The number of allylic oxidation sites excluding steroid dienone is 1. The molecule has 0 atom stereocenters. The second-order valence-electron chi connectivity index (χ2n) is 5.29. The Morgan fingerprint density at radius 1 is 0.654 bits per heavy atom. The lowest BCUT2D eigenvalue weighted by Crippen LogP contribution is -1.81. The zero-order valence-corrected chi connectivity index (χ0v) is 15.3. The van der Waals surface area contributed by atoms with Crippen LogP contribution in [0.2, 0.25) is 0 Å². The molecule has 2 nitrogen and oxygen atoms in total. The van der Waals surface area contributed by atoms with Crippen molar-refractivity contribution in [2.24, 2.45) is 0 Å². The van der Waals surface area contributed by atoms with Gasteiger partial charge in [-0.15, -0.1) is 0 Å². The van der Waals surface area contributed by atoms with Crippen LogP contribution in [-0.4, -0.2) is 9.97 Å². The largest absolute Gasteiger partial charge is 0.265 e. The predicted octanol–water partition coefficient (Wildman–Crippen LogP) is 4.99. The molecule has 0 spiro atoms. The van der Waals surface area contributed by atoms with Crippen LogP contribution in [0.1, 0.15) is 11.1 Å². The fourth-order valence-corrected chi connectivity index (χ4v) is 4.61. The highest BCUT2D eigenvalue weighted by molar-refractivity contribution is 8.24. The molecule has 122 valence electrons. The van der Waals surface area contributed by atoms with Crippen LogP contribution < -0.4 is 0 Å². The summed E-state index contributed by atoms with van der Waals surface area (Å²) in [4.78, 5) is 10.6. The first-order chi connectivity index (χ1) is 12.9. The monoisotopic (exact) mass is 368 g/mol. The van der Waals surface area contributed by atoms with E-state index in [4.69, 9.17) is 0 Å². The van der Waals surface area contributed by atoms with E-state index in [0.717, 1.165) is 20.9 Å². The van der Waals surface area contributed by atoms with E-state index in [0.29, 0.717) is 0 Å². The van der Waals surface area contributed by atoms with Gasteiger partial charge in [-0.05, 0) is 36.4 Å². The number of thioether (sulfide) groups is 2. The van der Waals surface area contributed by atoms with Crippen molar-refractivity contribution in [2.45, 2.75) is 9.79 Å². The van der Waals surface area contributed by atoms with Crippen LogP contribution >= 0.6 is 23.5 Å². The Balaban J connectivity index is 1.73. The molecule has 0 N–H and O–H groups in total. The van der Waals surface area contributed by atoms with Gasteiger partial charge in [0.1, 0.15) is 0 Å². The third-order valence-corrected chi connectivity index (χ3v) is 6.04. The summed E-state index contributed by atoms with van der Waals surface area (Å²) in [6.07, 6.45) is 6.98. The van der Waals surface area contributed by atoms with Gasteiger partial charge in [-0.1, -0.05) is 59.3 Å². The lowest BCUT2D eigenvalue weighted by Gasteiger charge is -1.96. The number of pyridine rings is 2. The lowest BCUT2D eigenvalue weighted by atomic mass is 10.2. The van der Waals surface area contributed by atoms with Gasteiger partial charge in [0.05, 0.1) is 9.81 Å². The van der Waals surface area contributed by atoms with Gasteiger partial charge in [0.25, 0.3) is 0 Å². The number of nitrogens with zero attached hydrogens (tertiary/aromatic N) is 2. The highest BCUT2D eigenvalue weighted by Crippen LogP contribution is 2.51. The molecule has 0 aliphatic carbocycles. The van der Waals surface area contributed by atoms with E-state index in [1.807, 2.05) is 24.3 Å². The summed E-state index contributed by atoms with van der Waals surface area (Å²) in [5, 5.41) is 0. The summed E-state index contributed by atoms with van der Waals surface area (Å²) in [5.74, 6) is 12.9. The van der Waals surface area contributed by atoms with Crippen molar-refractivity contribution in [1.29, 1.82) is 0 Å². The maximum absolute atomic E-state index is 4.03. The molecule has 0 unspecified atom stereocenters. The molecular formula is C22H12N2S2. The minimum absolute atomic E-state index is 0.838. The molecule has 0 saturated heterocycles. The van der Waals surface area contributed by atoms with Crippen LogP contribution in [0.5, 0.6) is 0 Å². The molecule has 0 amide bonds. The Kier molecular flexibility index (Phi) is 5.07.